The van der Waals surface area contributed by atoms with Crippen LogP contribution in [0.4, 0.5) is 0 Å². The first-order valence-corrected chi connectivity index (χ1v) is 37.9. The van der Waals surface area contributed by atoms with Gasteiger partial charge in [-0.25, -0.2) is 0 Å². The van der Waals surface area contributed by atoms with Crippen LogP contribution in [-0.4, -0.2) is 215 Å². The van der Waals surface area contributed by atoms with Gasteiger partial charge in [0, 0.05) is 76.4 Å². The molecule has 574 valence electrons. The summed E-state index contributed by atoms with van der Waals surface area (Å²) >= 11 is 0. The van der Waals surface area contributed by atoms with E-state index in [4.69, 9.17) is 66.3 Å². The van der Waals surface area contributed by atoms with Gasteiger partial charge in [0.05, 0.1) is 74.3 Å². The molecule has 12 rings (SSSR count). The van der Waals surface area contributed by atoms with Crippen LogP contribution in [-0.2, 0) is 75.9 Å². The van der Waals surface area contributed by atoms with Crippen molar-refractivity contribution in [3.63, 3.8) is 0 Å². The largest absolute Gasteiger partial charge is 0.462 e. The molecule has 6 fully saturated rings. The molecule has 10 heterocycles. The molecular weight excluding hydrogens is 1320 g/mol. The molecule has 6 N–H and O–H groups in total. The van der Waals surface area contributed by atoms with Crippen molar-refractivity contribution in [1.82, 2.24) is 0 Å². The van der Waals surface area contributed by atoms with Crippen molar-refractivity contribution >= 4 is 11.9 Å². The first kappa shape index (κ1) is 79.7. The lowest BCUT2D eigenvalue weighted by atomic mass is 9.71. The van der Waals surface area contributed by atoms with Crippen molar-refractivity contribution in [2.24, 2.45) is 47.3 Å². The first-order chi connectivity index (χ1) is 48.8. The van der Waals surface area contributed by atoms with Gasteiger partial charge in [0.2, 0.25) is 0 Å². The number of aliphatic hydroxyl groups is 6. The molecule has 0 amide bonds. The highest BCUT2D eigenvalue weighted by molar-refractivity contribution is 5.79. The predicted molar refractivity (Wildman–Crippen MR) is 381 cm³/mol. The molecule has 22 nitrogen and oxygen atoms in total. The third kappa shape index (κ3) is 16.6. The third-order valence-electron chi connectivity index (χ3n) is 24.0. The van der Waals surface area contributed by atoms with E-state index in [1.165, 1.54) is 0 Å². The summed E-state index contributed by atoms with van der Waals surface area (Å²) in [5, 5.41) is 68.1. The summed E-state index contributed by atoms with van der Waals surface area (Å²) in [7, 11) is 3.16. The molecule has 2 spiro atoms. The normalized spacial score (nSPS) is 48.9. The highest BCUT2D eigenvalue weighted by Crippen LogP contribution is 2.50. The molecule has 3 unspecified atom stereocenters. The van der Waals surface area contributed by atoms with Gasteiger partial charge in [0.15, 0.2) is 24.2 Å². The Morgan fingerprint density at radius 1 is 0.534 bits per heavy atom. The first-order valence-electron chi connectivity index (χ1n) is 37.9. The van der Waals surface area contributed by atoms with Crippen molar-refractivity contribution in [1.29, 1.82) is 0 Å². The summed E-state index contributed by atoms with van der Waals surface area (Å²) in [6, 6.07) is 0. The Bertz CT molecular complexity index is 3310. The van der Waals surface area contributed by atoms with E-state index in [1.54, 1.807) is 52.4 Å². The number of carbonyl (C=O) groups excluding carboxylic acids is 2. The smallest absolute Gasteiger partial charge is 0.316 e. The van der Waals surface area contributed by atoms with E-state index in [1.807, 2.05) is 78.0 Å². The molecule has 4 bridgehead atoms. The number of allylic oxidation sites excluding steroid dienone is 4. The average molecular weight is 1440 g/mol. The molecule has 22 heteroatoms. The van der Waals surface area contributed by atoms with Gasteiger partial charge in [-0.15, -0.1) is 0 Å². The quantitative estimate of drug-likeness (QED) is 0.0926. The number of hydrogen-bond acceptors (Lipinski definition) is 22. The molecule has 0 aromatic heterocycles. The van der Waals surface area contributed by atoms with Crippen molar-refractivity contribution in [2.75, 3.05) is 27.4 Å². The zero-order valence-electron chi connectivity index (χ0n) is 63.2. The summed E-state index contributed by atoms with van der Waals surface area (Å²) in [5.41, 5.74) is 0.364. The Kier molecular flexibility index (Phi) is 25.4. The van der Waals surface area contributed by atoms with Crippen molar-refractivity contribution in [2.45, 2.75) is 300 Å². The van der Waals surface area contributed by atoms with Crippen LogP contribution in [0.2, 0.25) is 0 Å². The molecule has 103 heavy (non-hydrogen) atoms. The maximum Gasteiger partial charge on any atom is 0.316 e. The lowest BCUT2D eigenvalue weighted by molar-refractivity contribution is -0.300. The third-order valence-corrected chi connectivity index (χ3v) is 24.0. The minimum Gasteiger partial charge on any atom is -0.462 e. The van der Waals surface area contributed by atoms with Crippen molar-refractivity contribution in [3.05, 3.63) is 119 Å². The molecule has 12 aliphatic rings. The second-order valence-electron chi connectivity index (χ2n) is 32.0. The van der Waals surface area contributed by atoms with Crippen LogP contribution in [0, 0.1) is 47.3 Å². The van der Waals surface area contributed by atoms with E-state index in [0.29, 0.717) is 73.7 Å². The zero-order valence-corrected chi connectivity index (χ0v) is 63.2. The number of esters is 2. The zero-order chi connectivity index (χ0) is 74.4. The number of hydrogen-bond donors (Lipinski definition) is 6. The summed E-state index contributed by atoms with van der Waals surface area (Å²) in [5.74, 6) is -4.94. The fourth-order valence-corrected chi connectivity index (χ4v) is 17.6. The van der Waals surface area contributed by atoms with Gasteiger partial charge in [0.25, 0.3) is 0 Å². The molecule has 31 atom stereocenters. The minimum absolute atomic E-state index is 0.0467. The second-order valence-corrected chi connectivity index (χ2v) is 32.0. The van der Waals surface area contributed by atoms with Crippen molar-refractivity contribution in [3.8, 4) is 0 Å². The maximum atomic E-state index is 14.2. The van der Waals surface area contributed by atoms with Crippen LogP contribution < -0.4 is 0 Å². The van der Waals surface area contributed by atoms with Crippen LogP contribution >= 0.6 is 0 Å². The maximum absolute atomic E-state index is 14.2. The Balaban J connectivity index is 0.000000207. The van der Waals surface area contributed by atoms with Crippen LogP contribution in [0.25, 0.3) is 0 Å². The number of aliphatic hydroxyl groups excluding tert-OH is 4. The van der Waals surface area contributed by atoms with Gasteiger partial charge < -0.3 is 97.0 Å². The molecule has 0 aromatic rings. The van der Waals surface area contributed by atoms with Crippen LogP contribution in [0.15, 0.2) is 119 Å². The lowest BCUT2D eigenvalue weighted by Crippen LogP contribution is -2.58. The molecule has 6 saturated heterocycles. The molecule has 0 radical (unpaired) electrons. The Morgan fingerprint density at radius 2 is 0.942 bits per heavy atom. The van der Waals surface area contributed by atoms with Crippen LogP contribution in [0.3, 0.4) is 0 Å². The highest BCUT2D eigenvalue weighted by Gasteiger charge is 2.62. The van der Waals surface area contributed by atoms with Gasteiger partial charge >= 0.3 is 11.9 Å². The second kappa shape index (κ2) is 32.8. The molecular formula is C81H118O22. The van der Waals surface area contributed by atoms with E-state index in [2.05, 4.69) is 65.8 Å². The van der Waals surface area contributed by atoms with E-state index in [9.17, 15) is 40.2 Å². The van der Waals surface area contributed by atoms with Crippen LogP contribution in [0.1, 0.15) is 155 Å². The molecule has 0 aromatic carbocycles. The summed E-state index contributed by atoms with van der Waals surface area (Å²) in [4.78, 5) is 28.4. The van der Waals surface area contributed by atoms with Crippen LogP contribution in [0.5, 0.6) is 0 Å². The number of ether oxygens (including phenoxy) is 14. The molecule has 2 aliphatic carbocycles. The summed E-state index contributed by atoms with van der Waals surface area (Å²) in [6.45, 7) is 28.2. The predicted octanol–water partition coefficient (Wildman–Crippen LogP) is 9.29. The van der Waals surface area contributed by atoms with Gasteiger partial charge in [-0.2, -0.15) is 0 Å². The Morgan fingerprint density at radius 3 is 1.34 bits per heavy atom. The average Bonchev–Trinajstić information content (AvgIpc) is 1.08. The molecule has 0 saturated carbocycles. The van der Waals surface area contributed by atoms with Gasteiger partial charge in [-0.3, -0.25) is 9.59 Å². The van der Waals surface area contributed by atoms with E-state index in [-0.39, 0.29) is 73.1 Å². The lowest BCUT2D eigenvalue weighted by Gasteiger charge is -2.48. The molecule has 10 aliphatic heterocycles. The highest BCUT2D eigenvalue weighted by atomic mass is 16.7. The summed E-state index contributed by atoms with van der Waals surface area (Å²) in [6.07, 6.45) is 19.5. The van der Waals surface area contributed by atoms with E-state index < -0.39 is 145 Å². The fourth-order valence-electron chi connectivity index (χ4n) is 17.6. The van der Waals surface area contributed by atoms with Gasteiger partial charge in [-0.1, -0.05) is 135 Å². The fraction of sp³-hybridized carbons (Fsp3) is 0.728. The van der Waals surface area contributed by atoms with E-state index in [0.717, 1.165) is 17.6 Å². The van der Waals surface area contributed by atoms with Gasteiger partial charge in [0.1, 0.15) is 71.9 Å². The number of fused-ring (bicyclic) bond motifs is 4. The minimum atomic E-state index is -1.81. The number of carbonyl (C=O) groups is 2. The summed E-state index contributed by atoms with van der Waals surface area (Å²) < 4.78 is 88.5. The Hall–Kier alpha value is -4.38. The monoisotopic (exact) mass is 1440 g/mol. The Labute approximate surface area is 609 Å². The van der Waals surface area contributed by atoms with Gasteiger partial charge in [-0.05, 0) is 112 Å². The number of methoxy groups -OCH3 is 2. The van der Waals surface area contributed by atoms with E-state index >= 15 is 0 Å². The topological polar surface area (TPSA) is 285 Å². The van der Waals surface area contributed by atoms with Crippen molar-refractivity contribution < 1.29 is 107 Å². The SMILES string of the molecule is CCC(C)[C@H]1O[C@]2(C=C[C@@H]1C)C[C@@H]1C[C@@H](C/C=C(\C)[C@@H](OC3C[C@H](OC)[C@@H](O)[C@H](C)O3)[C@@H](C)/C=C/C=C3\CO[C@@H]4[C@H](O)C(C)=C[C@@H](C(=O)O1)[C@]34O)O2.CO[C@H]1CC(O[C@@H]2/C(C)=C/C[C@@H]3C[C@@H](C[C@]4(C=C[C@H](C)[C@@H](C(C)C)O4)O3)OC(=O)[C@@H]3C=C(C)[C@@H](O)[C@H]4OC/C(=C\C=C\[C@@H]2C)[C@]43O)O[C@@H](C)[C@@H]1O. The standard InChI is InChI=1S/C41H60O11.C40H58O11/c1-9-22(2)37-25(5)15-16-40(52-37)20-30-18-29(51-40)14-13-24(4)36(50-33-19-32(46-8)35(43)27(7)48-33)23(3)11-10-12-28-21-47-38-34(42)26(6)17-31(39(44)49-30)41(28,38)45;1-21(2)35-24(5)14-15-39(51-35)19-29-17-28(50-39)13-12-23(4)36(49-32-18-31(45-8)34(42)26(7)47-32)22(3)10-9-11-27-20-46-37-33(41)25(6)16-30(38(43)48-29)40(27,37)44/h10-13,15-17,22-23,25,27,29-38,42-43,45H,9,14,18-21H2,1-8H3;9-12,14-16,21-22,24,26,28-37,41-42,44H,13,17-20H2,1-8H3/b11-10+,24-13+,28-12+;10-9+,23-12+,27-11+/t22?,23-,25-,27-,29+,30-,31-,32-,33?,34+,35-,36-,37+,38+,40+,41+;22-,24-,26-,28+,29-,30-,31-,32?,33+,34-,35+,36-,37+,39+,40+/m00/s1. The number of rotatable bonds is 9.